The Labute approximate surface area is 187 Å². The number of imide groups is 1. The number of carbonyl (C=O) groups is 2. The van der Waals surface area contributed by atoms with Crippen LogP contribution in [-0.2, 0) is 9.59 Å². The molecule has 170 valence electrons. The smallest absolute Gasteiger partial charge is 0.278 e. The van der Waals surface area contributed by atoms with E-state index in [2.05, 4.69) is 5.32 Å². The van der Waals surface area contributed by atoms with E-state index in [1.54, 1.807) is 43.5 Å². The van der Waals surface area contributed by atoms with Crippen LogP contribution >= 0.6 is 0 Å². The number of ether oxygens (including phenoxy) is 4. The van der Waals surface area contributed by atoms with E-state index in [1.807, 2.05) is 13.8 Å². The number of carbonyl (C=O) groups excluding carboxylic acids is 2. The van der Waals surface area contributed by atoms with Gasteiger partial charge in [0.15, 0.2) is 11.5 Å². The Kier molecular flexibility index (Phi) is 6.92. The Bertz CT molecular complexity index is 1060. The van der Waals surface area contributed by atoms with Crippen LogP contribution in [-0.4, -0.2) is 51.7 Å². The fraction of sp³-hybridized carbons (Fsp3) is 0.333. The van der Waals surface area contributed by atoms with Crippen LogP contribution in [0, 0.1) is 5.92 Å². The molecule has 0 bridgehead atoms. The molecule has 2 amide bonds. The molecule has 1 N–H and O–H groups in total. The molecule has 0 aromatic heterocycles. The van der Waals surface area contributed by atoms with Gasteiger partial charge in [0.1, 0.15) is 17.2 Å². The largest absolute Gasteiger partial charge is 0.497 e. The molecule has 0 saturated heterocycles. The minimum absolute atomic E-state index is 0.111. The Morgan fingerprint density at radius 2 is 1.47 bits per heavy atom. The van der Waals surface area contributed by atoms with Crippen LogP contribution in [0.25, 0.3) is 5.57 Å². The fourth-order valence-corrected chi connectivity index (χ4v) is 3.53. The number of benzene rings is 2. The zero-order valence-corrected chi connectivity index (χ0v) is 19.1. The van der Waals surface area contributed by atoms with Gasteiger partial charge in [-0.05, 0) is 35.7 Å². The van der Waals surface area contributed by atoms with Gasteiger partial charge in [0.25, 0.3) is 11.8 Å². The highest BCUT2D eigenvalue weighted by Crippen LogP contribution is 2.38. The van der Waals surface area contributed by atoms with E-state index in [1.165, 1.54) is 26.2 Å². The molecule has 0 aliphatic carbocycles. The third-order valence-electron chi connectivity index (χ3n) is 5.05. The van der Waals surface area contributed by atoms with Gasteiger partial charge in [-0.15, -0.1) is 0 Å². The first-order valence-corrected chi connectivity index (χ1v) is 10.2. The maximum Gasteiger partial charge on any atom is 0.278 e. The molecule has 1 aliphatic heterocycles. The van der Waals surface area contributed by atoms with Crippen LogP contribution in [0.15, 0.2) is 42.1 Å². The average Bonchev–Trinajstić information content (AvgIpc) is 3.02. The lowest BCUT2D eigenvalue weighted by Gasteiger charge is -2.18. The summed E-state index contributed by atoms with van der Waals surface area (Å²) in [6.45, 7) is 4.20. The Hall–Kier alpha value is -3.68. The van der Waals surface area contributed by atoms with Crippen molar-refractivity contribution in [2.24, 2.45) is 5.92 Å². The van der Waals surface area contributed by atoms with Gasteiger partial charge in [0.2, 0.25) is 0 Å². The lowest BCUT2D eigenvalue weighted by atomic mass is 10.0. The predicted octanol–water partition coefficient (Wildman–Crippen LogP) is 3.57. The lowest BCUT2D eigenvalue weighted by Crippen LogP contribution is -2.35. The molecule has 32 heavy (non-hydrogen) atoms. The first-order valence-electron chi connectivity index (χ1n) is 10.2. The minimum Gasteiger partial charge on any atom is -0.497 e. The highest BCUT2D eigenvalue weighted by Gasteiger charge is 2.40. The van der Waals surface area contributed by atoms with Crippen molar-refractivity contribution in [1.29, 1.82) is 0 Å². The van der Waals surface area contributed by atoms with Gasteiger partial charge in [0.05, 0.1) is 39.7 Å². The SMILES string of the molecule is COc1ccc(OC)c(NC2=C(c3ccc(OC)c(OC)c3)C(=O)N(CC(C)C)C2=O)c1. The van der Waals surface area contributed by atoms with Crippen LogP contribution in [0.4, 0.5) is 5.69 Å². The van der Waals surface area contributed by atoms with Crippen molar-refractivity contribution in [3.05, 3.63) is 47.7 Å². The van der Waals surface area contributed by atoms with Gasteiger partial charge >= 0.3 is 0 Å². The third-order valence-corrected chi connectivity index (χ3v) is 5.05. The van der Waals surface area contributed by atoms with Gasteiger partial charge in [-0.3, -0.25) is 14.5 Å². The molecule has 1 aliphatic rings. The second-order valence-electron chi connectivity index (χ2n) is 7.63. The highest BCUT2D eigenvalue weighted by molar-refractivity contribution is 6.36. The Balaban J connectivity index is 2.16. The molecular weight excluding hydrogens is 412 g/mol. The predicted molar refractivity (Wildman–Crippen MR) is 121 cm³/mol. The van der Waals surface area contributed by atoms with Gasteiger partial charge in [-0.2, -0.15) is 0 Å². The topological polar surface area (TPSA) is 86.3 Å². The molecule has 0 spiro atoms. The van der Waals surface area contributed by atoms with Crippen molar-refractivity contribution in [3.63, 3.8) is 0 Å². The van der Waals surface area contributed by atoms with Crippen molar-refractivity contribution < 1.29 is 28.5 Å². The summed E-state index contributed by atoms with van der Waals surface area (Å²) < 4.78 is 21.4. The molecule has 1 heterocycles. The molecule has 2 aromatic carbocycles. The summed E-state index contributed by atoms with van der Waals surface area (Å²) in [5.41, 5.74) is 1.46. The maximum atomic E-state index is 13.4. The van der Waals surface area contributed by atoms with Crippen LogP contribution in [0.1, 0.15) is 19.4 Å². The summed E-state index contributed by atoms with van der Waals surface area (Å²) >= 11 is 0. The second kappa shape index (κ2) is 9.64. The van der Waals surface area contributed by atoms with Crippen LogP contribution < -0.4 is 24.3 Å². The summed E-state index contributed by atoms with van der Waals surface area (Å²) in [6, 6.07) is 10.3. The number of rotatable bonds is 9. The lowest BCUT2D eigenvalue weighted by molar-refractivity contribution is -0.137. The van der Waals surface area contributed by atoms with Crippen molar-refractivity contribution in [2.45, 2.75) is 13.8 Å². The van der Waals surface area contributed by atoms with Crippen LogP contribution in [0.2, 0.25) is 0 Å². The quantitative estimate of drug-likeness (QED) is 0.597. The number of amides is 2. The summed E-state index contributed by atoms with van der Waals surface area (Å²) in [5, 5.41) is 3.12. The van der Waals surface area contributed by atoms with E-state index >= 15 is 0 Å². The van der Waals surface area contributed by atoms with E-state index in [4.69, 9.17) is 18.9 Å². The highest BCUT2D eigenvalue weighted by atomic mass is 16.5. The first-order chi connectivity index (χ1) is 15.3. The molecular formula is C24H28N2O6. The third kappa shape index (κ3) is 4.34. The van der Waals surface area contributed by atoms with Crippen LogP contribution in [0.5, 0.6) is 23.0 Å². The second-order valence-corrected chi connectivity index (χ2v) is 7.63. The van der Waals surface area contributed by atoms with E-state index in [-0.39, 0.29) is 23.1 Å². The summed E-state index contributed by atoms with van der Waals surface area (Å²) in [6.07, 6.45) is 0. The number of methoxy groups -OCH3 is 4. The molecule has 0 atom stereocenters. The first kappa shape index (κ1) is 23.0. The van der Waals surface area contributed by atoms with Gasteiger partial charge < -0.3 is 24.3 Å². The van der Waals surface area contributed by atoms with E-state index in [0.29, 0.717) is 40.8 Å². The van der Waals surface area contributed by atoms with Gasteiger partial charge in [-0.1, -0.05) is 19.9 Å². The van der Waals surface area contributed by atoms with Crippen molar-refractivity contribution in [3.8, 4) is 23.0 Å². The summed E-state index contributed by atoms with van der Waals surface area (Å²) in [4.78, 5) is 27.9. The van der Waals surface area contributed by atoms with Crippen molar-refractivity contribution >= 4 is 23.1 Å². The van der Waals surface area contributed by atoms with Crippen molar-refractivity contribution in [2.75, 3.05) is 40.3 Å². The molecule has 2 aromatic rings. The molecule has 3 rings (SSSR count). The van der Waals surface area contributed by atoms with E-state index in [0.717, 1.165) is 0 Å². The zero-order chi connectivity index (χ0) is 23.4. The van der Waals surface area contributed by atoms with Crippen LogP contribution in [0.3, 0.4) is 0 Å². The number of hydrogen-bond acceptors (Lipinski definition) is 7. The zero-order valence-electron chi connectivity index (χ0n) is 19.1. The van der Waals surface area contributed by atoms with E-state index < -0.39 is 5.91 Å². The molecule has 8 nitrogen and oxygen atoms in total. The Morgan fingerprint density at radius 1 is 0.812 bits per heavy atom. The van der Waals surface area contributed by atoms with Gasteiger partial charge in [0, 0.05) is 12.6 Å². The maximum absolute atomic E-state index is 13.4. The Morgan fingerprint density at radius 3 is 2.06 bits per heavy atom. The summed E-state index contributed by atoms with van der Waals surface area (Å²) in [7, 11) is 6.13. The fourth-order valence-electron chi connectivity index (χ4n) is 3.53. The molecule has 8 heteroatoms. The molecule has 0 fully saturated rings. The number of nitrogens with one attached hydrogen (secondary N) is 1. The standard InChI is InChI=1S/C24H28N2O6/c1-14(2)13-26-23(27)21(15-7-9-19(31-5)20(11-15)32-6)22(24(26)28)25-17-12-16(29-3)8-10-18(17)30-4/h7-12,14,25H,13H2,1-6H3. The number of anilines is 1. The summed E-state index contributed by atoms with van der Waals surface area (Å²) in [5.74, 6) is 1.40. The number of nitrogens with zero attached hydrogens (tertiary/aromatic N) is 1. The van der Waals surface area contributed by atoms with E-state index in [9.17, 15) is 9.59 Å². The average molecular weight is 440 g/mol. The normalized spacial score (nSPS) is 13.7. The minimum atomic E-state index is -0.404. The molecule has 0 unspecified atom stereocenters. The van der Waals surface area contributed by atoms with Crippen molar-refractivity contribution in [1.82, 2.24) is 4.90 Å². The monoisotopic (exact) mass is 440 g/mol. The van der Waals surface area contributed by atoms with Gasteiger partial charge in [-0.25, -0.2) is 0 Å². The molecule has 0 saturated carbocycles. The molecule has 0 radical (unpaired) electrons. The number of hydrogen-bond donors (Lipinski definition) is 1.